The van der Waals surface area contributed by atoms with Crippen LogP contribution in [0.1, 0.15) is 17.2 Å². The third-order valence-electron chi connectivity index (χ3n) is 2.20. The van der Waals surface area contributed by atoms with Crippen molar-refractivity contribution in [2.75, 3.05) is 6.61 Å². The molecule has 0 aromatic heterocycles. The van der Waals surface area contributed by atoms with Gasteiger partial charge in [0.2, 0.25) is 0 Å². The van der Waals surface area contributed by atoms with Gasteiger partial charge < -0.3 is 10.5 Å². The van der Waals surface area contributed by atoms with Crippen molar-refractivity contribution in [3.05, 3.63) is 26.8 Å². The lowest BCUT2D eigenvalue weighted by Gasteiger charge is -2.06. The zero-order valence-corrected chi connectivity index (χ0v) is 8.96. The minimum absolute atomic E-state index is 0.0646. The summed E-state index contributed by atoms with van der Waals surface area (Å²) in [5.74, 6) is 0.959. The lowest BCUT2D eigenvalue weighted by molar-refractivity contribution is 0.333. The first-order valence-corrected chi connectivity index (χ1v) is 4.95. The fraction of sp³-hybridized carbons (Fsp3) is 0.333. The molecule has 0 spiro atoms. The van der Waals surface area contributed by atoms with Crippen LogP contribution in [0.15, 0.2) is 12.1 Å². The Morgan fingerprint density at radius 1 is 1.58 bits per heavy atom. The molecule has 12 heavy (non-hydrogen) atoms. The first-order chi connectivity index (χ1) is 5.70. The first kappa shape index (κ1) is 8.31. The summed E-state index contributed by atoms with van der Waals surface area (Å²) in [6.07, 6.45) is 0. The number of ether oxygens (including phenoxy) is 1. The van der Waals surface area contributed by atoms with Gasteiger partial charge in [0.1, 0.15) is 12.4 Å². The standard InChI is InChI=1S/C9H10INO/c1-5-6(10)2-3-8-9(5)7(11)4-12-8/h2-3,7H,4,11H2,1H3/t7-/m0/s1. The van der Waals surface area contributed by atoms with Crippen molar-refractivity contribution < 1.29 is 4.74 Å². The van der Waals surface area contributed by atoms with Crippen molar-refractivity contribution in [1.29, 1.82) is 0 Å². The van der Waals surface area contributed by atoms with Crippen LogP contribution in [0.4, 0.5) is 0 Å². The third-order valence-corrected chi connectivity index (χ3v) is 3.37. The van der Waals surface area contributed by atoms with E-state index in [0.717, 1.165) is 5.75 Å². The molecule has 2 rings (SSSR count). The van der Waals surface area contributed by atoms with Crippen molar-refractivity contribution in [2.45, 2.75) is 13.0 Å². The van der Waals surface area contributed by atoms with Crippen LogP contribution in [0.3, 0.4) is 0 Å². The number of nitrogens with two attached hydrogens (primary N) is 1. The number of rotatable bonds is 0. The van der Waals surface area contributed by atoms with Crippen molar-refractivity contribution in [1.82, 2.24) is 0 Å². The number of hydrogen-bond acceptors (Lipinski definition) is 2. The van der Waals surface area contributed by atoms with Crippen LogP contribution in [-0.4, -0.2) is 6.61 Å². The van der Waals surface area contributed by atoms with Crippen LogP contribution in [0.2, 0.25) is 0 Å². The maximum atomic E-state index is 5.89. The van der Waals surface area contributed by atoms with Gasteiger partial charge in [-0.05, 0) is 47.2 Å². The van der Waals surface area contributed by atoms with E-state index < -0.39 is 0 Å². The van der Waals surface area contributed by atoms with Gasteiger partial charge >= 0.3 is 0 Å². The van der Waals surface area contributed by atoms with E-state index in [1.165, 1.54) is 14.7 Å². The van der Waals surface area contributed by atoms with Crippen molar-refractivity contribution in [2.24, 2.45) is 5.73 Å². The van der Waals surface area contributed by atoms with Crippen molar-refractivity contribution in [3.63, 3.8) is 0 Å². The predicted octanol–water partition coefficient (Wildman–Crippen LogP) is 1.99. The second-order valence-electron chi connectivity index (χ2n) is 3.00. The Morgan fingerprint density at radius 3 is 3.08 bits per heavy atom. The Labute approximate surface area is 85.2 Å². The van der Waals surface area contributed by atoms with E-state index in [4.69, 9.17) is 10.5 Å². The van der Waals surface area contributed by atoms with Gasteiger partial charge in [-0.25, -0.2) is 0 Å². The van der Waals surface area contributed by atoms with Gasteiger partial charge in [0.25, 0.3) is 0 Å². The highest BCUT2D eigenvalue weighted by Gasteiger charge is 2.23. The molecule has 0 fully saturated rings. The lowest BCUT2D eigenvalue weighted by atomic mass is 10.0. The Morgan fingerprint density at radius 2 is 2.33 bits per heavy atom. The molecule has 1 heterocycles. The van der Waals surface area contributed by atoms with Gasteiger partial charge in [0.15, 0.2) is 0 Å². The van der Waals surface area contributed by atoms with E-state index in [-0.39, 0.29) is 6.04 Å². The molecule has 1 atom stereocenters. The van der Waals surface area contributed by atoms with Crippen LogP contribution in [0.5, 0.6) is 5.75 Å². The van der Waals surface area contributed by atoms with E-state index in [2.05, 4.69) is 35.6 Å². The maximum Gasteiger partial charge on any atom is 0.124 e. The minimum atomic E-state index is 0.0646. The molecule has 0 radical (unpaired) electrons. The zero-order chi connectivity index (χ0) is 8.72. The molecular formula is C9H10INO. The summed E-state index contributed by atoms with van der Waals surface area (Å²) in [5, 5.41) is 0. The molecule has 2 N–H and O–H groups in total. The average Bonchev–Trinajstić information content (AvgIpc) is 2.41. The average molecular weight is 275 g/mol. The summed E-state index contributed by atoms with van der Waals surface area (Å²) in [6.45, 7) is 2.71. The number of benzene rings is 1. The van der Waals surface area contributed by atoms with E-state index in [1.807, 2.05) is 6.07 Å². The van der Waals surface area contributed by atoms with Gasteiger partial charge in [0.05, 0.1) is 6.04 Å². The molecule has 64 valence electrons. The monoisotopic (exact) mass is 275 g/mol. The highest BCUT2D eigenvalue weighted by molar-refractivity contribution is 14.1. The third kappa shape index (κ3) is 1.11. The molecule has 0 saturated carbocycles. The Kier molecular flexibility index (Phi) is 2.00. The SMILES string of the molecule is Cc1c(I)ccc2c1[C@@H](N)CO2. The van der Waals surface area contributed by atoms with E-state index in [9.17, 15) is 0 Å². The molecule has 3 heteroatoms. The first-order valence-electron chi connectivity index (χ1n) is 3.87. The van der Waals surface area contributed by atoms with Crippen LogP contribution in [-0.2, 0) is 0 Å². The number of fused-ring (bicyclic) bond motifs is 1. The molecule has 0 amide bonds. The summed E-state index contributed by atoms with van der Waals surface area (Å²) in [4.78, 5) is 0. The lowest BCUT2D eigenvalue weighted by Crippen LogP contribution is -2.12. The van der Waals surface area contributed by atoms with Crippen LogP contribution in [0.25, 0.3) is 0 Å². The summed E-state index contributed by atoms with van der Waals surface area (Å²) in [7, 11) is 0. The van der Waals surface area contributed by atoms with Gasteiger partial charge in [-0.2, -0.15) is 0 Å². The second kappa shape index (κ2) is 2.88. The van der Waals surface area contributed by atoms with Gasteiger partial charge in [-0.3, -0.25) is 0 Å². The predicted molar refractivity (Wildman–Crippen MR) is 56.3 cm³/mol. The molecule has 1 aliphatic heterocycles. The van der Waals surface area contributed by atoms with E-state index >= 15 is 0 Å². The minimum Gasteiger partial charge on any atom is -0.491 e. The smallest absolute Gasteiger partial charge is 0.124 e. The van der Waals surface area contributed by atoms with Gasteiger partial charge in [0, 0.05) is 9.13 Å². The highest BCUT2D eigenvalue weighted by atomic mass is 127. The maximum absolute atomic E-state index is 5.89. The Bertz CT molecular complexity index is 325. The quantitative estimate of drug-likeness (QED) is 0.735. The van der Waals surface area contributed by atoms with Crippen LogP contribution >= 0.6 is 22.6 Å². The molecule has 1 aliphatic rings. The largest absolute Gasteiger partial charge is 0.491 e. The van der Waals surface area contributed by atoms with E-state index in [0.29, 0.717) is 6.61 Å². The van der Waals surface area contributed by atoms with Gasteiger partial charge in [-0.1, -0.05) is 0 Å². The highest BCUT2D eigenvalue weighted by Crippen LogP contribution is 2.35. The molecule has 0 aliphatic carbocycles. The molecule has 1 aromatic rings. The molecular weight excluding hydrogens is 265 g/mol. The van der Waals surface area contributed by atoms with E-state index in [1.54, 1.807) is 0 Å². The van der Waals surface area contributed by atoms with Gasteiger partial charge in [-0.15, -0.1) is 0 Å². The molecule has 0 unspecified atom stereocenters. The summed E-state index contributed by atoms with van der Waals surface area (Å²) >= 11 is 2.32. The molecule has 1 aromatic carbocycles. The zero-order valence-electron chi connectivity index (χ0n) is 6.80. The van der Waals surface area contributed by atoms with Crippen molar-refractivity contribution in [3.8, 4) is 5.75 Å². The normalized spacial score (nSPS) is 20.4. The second-order valence-corrected chi connectivity index (χ2v) is 4.16. The topological polar surface area (TPSA) is 35.2 Å². The summed E-state index contributed by atoms with van der Waals surface area (Å²) in [5.41, 5.74) is 8.33. The van der Waals surface area contributed by atoms with Crippen molar-refractivity contribution >= 4 is 22.6 Å². The number of halogens is 1. The summed E-state index contributed by atoms with van der Waals surface area (Å²) in [6, 6.07) is 4.12. The van der Waals surface area contributed by atoms with Crippen LogP contribution in [0, 0.1) is 10.5 Å². The molecule has 0 saturated heterocycles. The number of hydrogen-bond donors (Lipinski definition) is 1. The Balaban J connectivity index is 2.63. The fourth-order valence-electron chi connectivity index (χ4n) is 1.53. The fourth-order valence-corrected chi connectivity index (χ4v) is 2.00. The molecule has 2 nitrogen and oxygen atoms in total. The summed E-state index contributed by atoms with van der Waals surface area (Å²) < 4.78 is 6.67. The van der Waals surface area contributed by atoms with Crippen LogP contribution < -0.4 is 10.5 Å². The molecule has 0 bridgehead atoms. The Hall–Kier alpha value is -0.290.